The van der Waals surface area contributed by atoms with Crippen molar-refractivity contribution in [3.8, 4) is 0 Å². The maximum absolute atomic E-state index is 13.2. The highest BCUT2D eigenvalue weighted by molar-refractivity contribution is 8.00. The summed E-state index contributed by atoms with van der Waals surface area (Å²) < 4.78 is 48.0. The molecule has 0 saturated heterocycles. The summed E-state index contributed by atoms with van der Waals surface area (Å²) in [5.74, 6) is -1.88. The number of carbonyl (C=O) groups is 3. The minimum atomic E-state index is -4.97. The molecule has 0 aromatic carbocycles. The number of aliphatic carboxylic acids is 1. The predicted molar refractivity (Wildman–Crippen MR) is 258 cm³/mol. The monoisotopic (exact) mass is 999 g/mol. The Morgan fingerprint density at radius 1 is 0.682 bits per heavy atom. The van der Waals surface area contributed by atoms with Gasteiger partial charge in [-0.25, -0.2) is 9.13 Å². The predicted octanol–water partition coefficient (Wildman–Crippen LogP) is 9.01. The number of hydrogen-bond donors (Lipinski definition) is 7. The Labute approximate surface area is 398 Å². The molecular formula is C46H83NO16P2S. The van der Waals surface area contributed by atoms with Gasteiger partial charge in [-0.2, -0.15) is 0 Å². The molecule has 8 N–H and O–H groups in total. The normalized spacial score (nSPS) is 15.7. The third kappa shape index (κ3) is 42.0. The van der Waals surface area contributed by atoms with Gasteiger partial charge in [0.15, 0.2) is 6.10 Å². The van der Waals surface area contributed by atoms with Gasteiger partial charge in [0, 0.05) is 23.8 Å². The van der Waals surface area contributed by atoms with Crippen molar-refractivity contribution in [2.75, 3.05) is 32.2 Å². The number of nitrogens with two attached hydrogens (primary N) is 1. The summed E-state index contributed by atoms with van der Waals surface area (Å²) in [6.45, 7) is 3.45. The van der Waals surface area contributed by atoms with Crippen LogP contribution in [0.25, 0.3) is 0 Å². The SMILES string of the molecule is CCCCC/C=C\C\C=C/C=C/C=C/[C@@H](SC[C@H](N)C(=O)O[C@H](COC(=O)CCCCCCCCCCCCCC(C)C)COP(=O)(O)OC[C@@H](O)COP(=O)(O)O)[C@@H](O)CCCC(=O)O. The number of aliphatic hydroxyl groups is 2. The lowest BCUT2D eigenvalue weighted by Gasteiger charge is -2.23. The van der Waals surface area contributed by atoms with Crippen LogP contribution in [0.4, 0.5) is 0 Å². The first kappa shape index (κ1) is 63.8. The summed E-state index contributed by atoms with van der Waals surface area (Å²) in [4.78, 5) is 64.7. The lowest BCUT2D eigenvalue weighted by Crippen LogP contribution is -2.40. The maximum atomic E-state index is 13.2. The second kappa shape index (κ2) is 40.7. The molecule has 0 spiro atoms. The van der Waals surface area contributed by atoms with Crippen molar-refractivity contribution < 1.29 is 76.6 Å². The molecule has 6 atom stereocenters. The van der Waals surface area contributed by atoms with Crippen molar-refractivity contribution in [3.63, 3.8) is 0 Å². The van der Waals surface area contributed by atoms with E-state index < -0.39 is 89.6 Å². The molecule has 0 amide bonds. The van der Waals surface area contributed by atoms with Crippen LogP contribution in [0.5, 0.6) is 0 Å². The molecule has 0 aliphatic heterocycles. The third-order valence-electron chi connectivity index (χ3n) is 9.89. The number of thioether (sulfide) groups is 1. The Balaban J connectivity index is 5.39. The van der Waals surface area contributed by atoms with E-state index >= 15 is 0 Å². The Morgan fingerprint density at radius 3 is 1.91 bits per heavy atom. The van der Waals surface area contributed by atoms with E-state index in [2.05, 4.69) is 42.0 Å². The molecule has 0 fully saturated rings. The number of rotatable bonds is 44. The standard InChI is InChI=1S/C46H83NO16P2S/c1-4-5-6-7-8-9-10-13-16-19-22-25-30-43(42(49)29-27-31-44(50)51)66-37-41(47)46(53)63-40(36-62-65(57,58)61-34-39(48)33-60-64(54,55)56)35-59-45(52)32-26-23-20-17-14-11-12-15-18-21-24-28-38(2)3/h8-9,13,16,19,22,25,30,38-43,48-49H,4-7,10-12,14-15,17-18,20-21,23-24,26-29,31-37,47H2,1-3H3,(H,50,51)(H,57,58)(H2,54,55,56)/b9-8-,16-13-,22-19+,30-25+/t39-,40+,41-,42-,43+/m0/s1. The zero-order chi connectivity index (χ0) is 49.5. The molecule has 0 saturated carbocycles. The smallest absolute Gasteiger partial charge is 0.472 e. The van der Waals surface area contributed by atoms with Crippen LogP contribution in [0.3, 0.4) is 0 Å². The van der Waals surface area contributed by atoms with Gasteiger partial charge in [0.25, 0.3) is 0 Å². The minimum Gasteiger partial charge on any atom is -0.481 e. The van der Waals surface area contributed by atoms with Crippen molar-refractivity contribution >= 4 is 45.3 Å². The fourth-order valence-corrected chi connectivity index (χ4v) is 8.41. The first-order valence-corrected chi connectivity index (χ1v) is 27.7. The molecule has 1 unspecified atom stereocenters. The first-order chi connectivity index (χ1) is 31.3. The van der Waals surface area contributed by atoms with Crippen molar-refractivity contribution in [1.82, 2.24) is 0 Å². The molecule has 0 aliphatic rings. The number of carboxylic acids is 1. The van der Waals surface area contributed by atoms with Gasteiger partial charge in [-0.1, -0.05) is 153 Å². The number of allylic oxidation sites excluding steroid dienone is 7. The number of carbonyl (C=O) groups excluding carboxylic acids is 2. The van der Waals surface area contributed by atoms with E-state index in [1.807, 2.05) is 18.2 Å². The van der Waals surface area contributed by atoms with Crippen LogP contribution >= 0.6 is 27.4 Å². The van der Waals surface area contributed by atoms with Crippen LogP contribution in [-0.4, -0.2) is 110 Å². The van der Waals surface area contributed by atoms with Crippen LogP contribution in [0, 0.1) is 5.92 Å². The molecular weight excluding hydrogens is 917 g/mol. The van der Waals surface area contributed by atoms with Gasteiger partial charge in [0.2, 0.25) is 0 Å². The lowest BCUT2D eigenvalue weighted by atomic mass is 10.0. The molecule has 384 valence electrons. The van der Waals surface area contributed by atoms with Crippen molar-refractivity contribution in [2.24, 2.45) is 11.7 Å². The quantitative estimate of drug-likeness (QED) is 0.00985. The summed E-state index contributed by atoms with van der Waals surface area (Å²) in [5, 5.41) is 29.2. The number of aliphatic hydroxyl groups excluding tert-OH is 2. The van der Waals surface area contributed by atoms with E-state index in [9.17, 15) is 38.6 Å². The van der Waals surface area contributed by atoms with Gasteiger partial charge in [-0.15, -0.1) is 11.8 Å². The molecule has 0 heterocycles. The van der Waals surface area contributed by atoms with Crippen LogP contribution in [-0.2, 0) is 46.6 Å². The summed E-state index contributed by atoms with van der Waals surface area (Å²) >= 11 is 1.13. The van der Waals surface area contributed by atoms with E-state index in [1.165, 1.54) is 64.2 Å². The molecule has 0 radical (unpaired) electrons. The highest BCUT2D eigenvalue weighted by Crippen LogP contribution is 2.44. The van der Waals surface area contributed by atoms with Crippen LogP contribution in [0.15, 0.2) is 48.6 Å². The Bertz CT molecular complexity index is 1490. The second-order valence-electron chi connectivity index (χ2n) is 16.7. The molecule has 20 heteroatoms. The number of unbranched alkanes of at least 4 members (excludes halogenated alkanes) is 13. The minimum absolute atomic E-state index is 0.0694. The summed E-state index contributed by atoms with van der Waals surface area (Å²) in [6.07, 6.45) is 30.3. The van der Waals surface area contributed by atoms with Gasteiger partial charge in [-0.3, -0.25) is 28.0 Å². The molecule has 0 bridgehead atoms. The van der Waals surface area contributed by atoms with E-state index in [0.29, 0.717) is 6.42 Å². The average Bonchev–Trinajstić information content (AvgIpc) is 3.25. The number of phosphoric ester groups is 2. The maximum Gasteiger partial charge on any atom is 0.472 e. The highest BCUT2D eigenvalue weighted by atomic mass is 32.2. The fraction of sp³-hybridized carbons (Fsp3) is 0.761. The van der Waals surface area contributed by atoms with Gasteiger partial charge < -0.3 is 45.2 Å². The summed E-state index contributed by atoms with van der Waals surface area (Å²) in [5.41, 5.74) is 6.19. The van der Waals surface area contributed by atoms with Crippen LogP contribution in [0.1, 0.15) is 156 Å². The number of carboxylic acid groups (broad SMARTS) is 1. The zero-order valence-electron chi connectivity index (χ0n) is 39.6. The number of esters is 2. The van der Waals surface area contributed by atoms with E-state index in [0.717, 1.165) is 56.2 Å². The average molecular weight is 1000 g/mol. The Hall–Kier alpha value is -2.18. The van der Waals surface area contributed by atoms with Crippen LogP contribution < -0.4 is 5.73 Å². The van der Waals surface area contributed by atoms with E-state index in [4.69, 9.17) is 34.6 Å². The molecule has 0 rings (SSSR count). The van der Waals surface area contributed by atoms with Crippen molar-refractivity contribution in [2.45, 2.75) is 185 Å². The Kier molecular flexibility index (Phi) is 39.3. The van der Waals surface area contributed by atoms with Gasteiger partial charge in [0.05, 0.1) is 25.9 Å². The molecule has 66 heavy (non-hydrogen) atoms. The lowest BCUT2D eigenvalue weighted by molar-refractivity contribution is -0.161. The first-order valence-electron chi connectivity index (χ1n) is 23.6. The zero-order valence-corrected chi connectivity index (χ0v) is 42.2. The molecule has 17 nitrogen and oxygen atoms in total. The third-order valence-corrected chi connectivity index (χ3v) is 12.7. The molecule has 0 aromatic heterocycles. The number of hydrogen-bond acceptors (Lipinski definition) is 14. The van der Waals surface area contributed by atoms with Crippen molar-refractivity contribution in [3.05, 3.63) is 48.6 Å². The van der Waals surface area contributed by atoms with Crippen molar-refractivity contribution in [1.29, 1.82) is 0 Å². The largest absolute Gasteiger partial charge is 0.481 e. The Morgan fingerprint density at radius 2 is 1.29 bits per heavy atom. The topological polar surface area (TPSA) is 279 Å². The summed E-state index contributed by atoms with van der Waals surface area (Å²) in [6, 6.07) is -1.29. The highest BCUT2D eigenvalue weighted by Gasteiger charge is 2.30. The second-order valence-corrected chi connectivity index (χ2v) is 20.6. The number of phosphoric acid groups is 2. The van der Waals surface area contributed by atoms with Gasteiger partial charge in [0.1, 0.15) is 18.8 Å². The van der Waals surface area contributed by atoms with E-state index in [-0.39, 0.29) is 31.4 Å². The van der Waals surface area contributed by atoms with Gasteiger partial charge >= 0.3 is 33.6 Å². The number of ether oxygens (including phenoxy) is 2. The van der Waals surface area contributed by atoms with Crippen LogP contribution in [0.2, 0.25) is 0 Å². The van der Waals surface area contributed by atoms with Gasteiger partial charge in [-0.05, 0) is 44.4 Å². The summed E-state index contributed by atoms with van der Waals surface area (Å²) in [7, 11) is -9.90. The fourth-order valence-electron chi connectivity index (χ4n) is 6.13. The van der Waals surface area contributed by atoms with E-state index in [1.54, 1.807) is 18.2 Å². The molecule has 0 aromatic rings. The molecule has 0 aliphatic carbocycles.